The normalized spacial score (nSPS) is 10.4. The minimum atomic E-state index is -0.204. The number of likely N-dealkylation sites (N-methyl/N-ethyl adjacent to an activating group) is 1. The van der Waals surface area contributed by atoms with E-state index < -0.39 is 0 Å². The molecular weight excluding hydrogens is 420 g/mol. The van der Waals surface area contributed by atoms with Crippen LogP contribution in [0.5, 0.6) is 17.2 Å². The van der Waals surface area contributed by atoms with Gasteiger partial charge in [0.05, 0.1) is 34.0 Å². The molecule has 3 aromatic carbocycles. The smallest absolute Gasteiger partial charge is 0.321 e. The third kappa shape index (κ3) is 7.73. The van der Waals surface area contributed by atoms with E-state index in [1.165, 1.54) is 0 Å². The van der Waals surface area contributed by atoms with Crippen molar-refractivity contribution < 1.29 is 23.7 Å². The average molecular weight is 451 g/mol. The van der Waals surface area contributed by atoms with Crippen molar-refractivity contribution in [3.05, 3.63) is 83.9 Å². The summed E-state index contributed by atoms with van der Waals surface area (Å²) in [6, 6.07) is 22.5. The van der Waals surface area contributed by atoms with Crippen LogP contribution in [0.4, 0.5) is 10.5 Å². The third-order valence-corrected chi connectivity index (χ3v) is 4.98. The topological polar surface area (TPSA) is 69.3 Å². The summed E-state index contributed by atoms with van der Waals surface area (Å²) in [4.78, 5) is 14.1. The molecule has 0 atom stereocenters. The van der Waals surface area contributed by atoms with E-state index in [1.807, 2.05) is 72.8 Å². The Hall–Kier alpha value is -3.71. The predicted molar refractivity (Wildman–Crippen MR) is 128 cm³/mol. The summed E-state index contributed by atoms with van der Waals surface area (Å²) < 4.78 is 21.8. The number of hydrogen-bond donors (Lipinski definition) is 1. The molecule has 0 aliphatic heterocycles. The van der Waals surface area contributed by atoms with Crippen LogP contribution in [-0.4, -0.2) is 45.3 Å². The van der Waals surface area contributed by atoms with Crippen LogP contribution in [-0.2, 0) is 18.0 Å². The molecule has 0 radical (unpaired) electrons. The van der Waals surface area contributed by atoms with Crippen LogP contribution in [0.3, 0.4) is 0 Å². The largest absolute Gasteiger partial charge is 0.497 e. The van der Waals surface area contributed by atoms with Gasteiger partial charge in [-0.1, -0.05) is 24.3 Å². The average Bonchev–Trinajstić information content (AvgIpc) is 2.85. The van der Waals surface area contributed by atoms with Crippen molar-refractivity contribution in [3.63, 3.8) is 0 Å². The first-order chi connectivity index (χ1) is 16.1. The van der Waals surface area contributed by atoms with Gasteiger partial charge in [-0.15, -0.1) is 0 Å². The summed E-state index contributed by atoms with van der Waals surface area (Å²) in [6.07, 6.45) is 0. The molecular formula is C26H30N2O5. The molecule has 0 bridgehead atoms. The number of nitrogens with zero attached hydrogens (tertiary/aromatic N) is 1. The molecule has 0 aliphatic carbocycles. The lowest BCUT2D eigenvalue weighted by Crippen LogP contribution is -2.34. The quantitative estimate of drug-likeness (QED) is 0.447. The fourth-order valence-electron chi connectivity index (χ4n) is 3.04. The Morgan fingerprint density at radius 2 is 1.42 bits per heavy atom. The highest BCUT2D eigenvalue weighted by atomic mass is 16.5. The number of anilines is 1. The van der Waals surface area contributed by atoms with E-state index in [2.05, 4.69) is 5.32 Å². The fourth-order valence-corrected chi connectivity index (χ4v) is 3.04. The third-order valence-electron chi connectivity index (χ3n) is 4.98. The van der Waals surface area contributed by atoms with Gasteiger partial charge in [0.15, 0.2) is 0 Å². The SMILES string of the molecule is COc1ccc(COCc2cccc(NC(=O)N(C)CCOc3ccc(OC)cc3)c2)cc1. The van der Waals surface area contributed by atoms with E-state index in [1.54, 1.807) is 26.2 Å². The highest BCUT2D eigenvalue weighted by Crippen LogP contribution is 2.17. The fraction of sp³-hybridized carbons (Fsp3) is 0.269. The maximum atomic E-state index is 12.5. The number of nitrogens with one attached hydrogen (secondary N) is 1. The molecule has 7 nitrogen and oxygen atoms in total. The van der Waals surface area contributed by atoms with Crippen LogP contribution in [0.2, 0.25) is 0 Å². The molecule has 174 valence electrons. The molecule has 0 fully saturated rings. The number of urea groups is 1. The van der Waals surface area contributed by atoms with E-state index in [4.69, 9.17) is 18.9 Å². The van der Waals surface area contributed by atoms with Gasteiger partial charge in [-0.2, -0.15) is 0 Å². The molecule has 0 saturated carbocycles. The molecule has 0 spiro atoms. The van der Waals surface area contributed by atoms with Gasteiger partial charge in [0.25, 0.3) is 0 Å². The van der Waals surface area contributed by atoms with Crippen LogP contribution in [0.15, 0.2) is 72.8 Å². The first kappa shape index (κ1) is 23.9. The number of methoxy groups -OCH3 is 2. The second kappa shape index (κ2) is 12.4. The lowest BCUT2D eigenvalue weighted by Gasteiger charge is -2.18. The standard InChI is InChI=1S/C26H30N2O5/c1-28(15-16-33-25-13-11-24(31-3)12-14-25)26(29)27-22-6-4-5-21(17-22)19-32-18-20-7-9-23(30-2)10-8-20/h4-14,17H,15-16,18-19H2,1-3H3,(H,27,29). The van der Waals surface area contributed by atoms with Crippen LogP contribution >= 0.6 is 0 Å². The molecule has 2 amide bonds. The van der Waals surface area contributed by atoms with Crippen molar-refractivity contribution in [1.82, 2.24) is 4.90 Å². The van der Waals surface area contributed by atoms with E-state index in [0.29, 0.717) is 32.1 Å². The Labute approximate surface area is 194 Å². The Balaban J connectivity index is 1.41. The first-order valence-electron chi connectivity index (χ1n) is 10.7. The molecule has 0 unspecified atom stereocenters. The summed E-state index contributed by atoms with van der Waals surface area (Å²) in [5, 5.41) is 2.91. The zero-order valence-electron chi connectivity index (χ0n) is 19.2. The van der Waals surface area contributed by atoms with Crippen LogP contribution in [0.1, 0.15) is 11.1 Å². The number of hydrogen-bond acceptors (Lipinski definition) is 5. The highest BCUT2D eigenvalue weighted by Gasteiger charge is 2.09. The number of amides is 2. The van der Waals surface area contributed by atoms with Gasteiger partial charge >= 0.3 is 6.03 Å². The molecule has 3 rings (SSSR count). The van der Waals surface area contributed by atoms with Crippen LogP contribution < -0.4 is 19.5 Å². The molecule has 0 saturated heterocycles. The lowest BCUT2D eigenvalue weighted by atomic mass is 10.2. The summed E-state index contributed by atoms with van der Waals surface area (Å²) >= 11 is 0. The van der Waals surface area contributed by atoms with Gasteiger partial charge in [0, 0.05) is 12.7 Å². The lowest BCUT2D eigenvalue weighted by molar-refractivity contribution is 0.107. The Morgan fingerprint density at radius 1 is 0.818 bits per heavy atom. The Bertz CT molecular complexity index is 1010. The van der Waals surface area contributed by atoms with Gasteiger partial charge in [-0.05, 0) is 59.7 Å². The van der Waals surface area contributed by atoms with Gasteiger partial charge < -0.3 is 29.2 Å². The molecule has 3 aromatic rings. The summed E-state index contributed by atoms with van der Waals surface area (Å²) in [5.74, 6) is 2.32. The number of rotatable bonds is 11. The van der Waals surface area contributed by atoms with Crippen molar-refractivity contribution in [3.8, 4) is 17.2 Å². The monoisotopic (exact) mass is 450 g/mol. The minimum absolute atomic E-state index is 0.204. The maximum Gasteiger partial charge on any atom is 0.321 e. The highest BCUT2D eigenvalue weighted by molar-refractivity contribution is 5.89. The van der Waals surface area contributed by atoms with Gasteiger partial charge in [-0.3, -0.25) is 0 Å². The molecule has 0 aliphatic rings. The van der Waals surface area contributed by atoms with Crippen molar-refractivity contribution in [2.24, 2.45) is 0 Å². The predicted octanol–water partition coefficient (Wildman–Crippen LogP) is 4.96. The van der Waals surface area contributed by atoms with Crippen LogP contribution in [0.25, 0.3) is 0 Å². The Morgan fingerprint density at radius 3 is 2.09 bits per heavy atom. The van der Waals surface area contributed by atoms with E-state index >= 15 is 0 Å². The number of carbonyl (C=O) groups excluding carboxylic acids is 1. The molecule has 0 heterocycles. The first-order valence-corrected chi connectivity index (χ1v) is 10.7. The second-order valence-corrected chi connectivity index (χ2v) is 7.42. The molecule has 33 heavy (non-hydrogen) atoms. The summed E-state index contributed by atoms with van der Waals surface area (Å²) in [6.45, 7) is 1.77. The Kier molecular flexibility index (Phi) is 8.97. The van der Waals surface area contributed by atoms with E-state index in [-0.39, 0.29) is 6.03 Å². The maximum absolute atomic E-state index is 12.5. The van der Waals surface area contributed by atoms with Gasteiger partial charge in [0.1, 0.15) is 23.9 Å². The van der Waals surface area contributed by atoms with Crippen molar-refractivity contribution in [1.29, 1.82) is 0 Å². The second-order valence-electron chi connectivity index (χ2n) is 7.42. The van der Waals surface area contributed by atoms with Crippen molar-refractivity contribution in [2.75, 3.05) is 39.7 Å². The number of ether oxygens (including phenoxy) is 4. The summed E-state index contributed by atoms with van der Waals surface area (Å²) in [7, 11) is 4.99. The summed E-state index contributed by atoms with van der Waals surface area (Å²) in [5.41, 5.74) is 2.76. The number of carbonyl (C=O) groups is 1. The van der Waals surface area contributed by atoms with Crippen LogP contribution in [0, 0.1) is 0 Å². The van der Waals surface area contributed by atoms with Gasteiger partial charge in [0.2, 0.25) is 0 Å². The van der Waals surface area contributed by atoms with E-state index in [9.17, 15) is 4.79 Å². The zero-order valence-corrected chi connectivity index (χ0v) is 19.2. The van der Waals surface area contributed by atoms with E-state index in [0.717, 1.165) is 28.4 Å². The zero-order chi connectivity index (χ0) is 23.5. The van der Waals surface area contributed by atoms with Gasteiger partial charge in [-0.25, -0.2) is 4.79 Å². The van der Waals surface area contributed by atoms with Crippen molar-refractivity contribution in [2.45, 2.75) is 13.2 Å². The molecule has 7 heteroatoms. The minimum Gasteiger partial charge on any atom is -0.497 e. The molecule has 1 N–H and O–H groups in total. The number of benzene rings is 3. The van der Waals surface area contributed by atoms with Crippen molar-refractivity contribution >= 4 is 11.7 Å². The molecule has 0 aromatic heterocycles.